The summed E-state index contributed by atoms with van der Waals surface area (Å²) in [7, 11) is 0. The summed E-state index contributed by atoms with van der Waals surface area (Å²) in [6.45, 7) is 3.97. The van der Waals surface area contributed by atoms with Gasteiger partial charge in [0.1, 0.15) is 0 Å². The van der Waals surface area contributed by atoms with Crippen LogP contribution < -0.4 is 5.73 Å². The van der Waals surface area contributed by atoms with Crippen LogP contribution in [-0.2, 0) is 6.54 Å². The van der Waals surface area contributed by atoms with Gasteiger partial charge in [-0.2, -0.15) is 0 Å². The van der Waals surface area contributed by atoms with Crippen molar-refractivity contribution in [3.8, 4) is 0 Å². The maximum atomic E-state index is 5.70. The molecule has 1 aromatic rings. The molecule has 0 atom stereocenters. The highest BCUT2D eigenvalue weighted by Crippen LogP contribution is 2.34. The second-order valence-electron chi connectivity index (χ2n) is 5.23. The number of hydrogen-bond donors (Lipinski definition) is 1. The molecule has 1 aliphatic carbocycles. The van der Waals surface area contributed by atoms with E-state index in [0.717, 1.165) is 32.0 Å². The van der Waals surface area contributed by atoms with Gasteiger partial charge in [0.25, 0.3) is 0 Å². The summed E-state index contributed by atoms with van der Waals surface area (Å²) >= 11 is 0. The van der Waals surface area contributed by atoms with Crippen LogP contribution in [0.2, 0.25) is 0 Å². The highest BCUT2D eigenvalue weighted by Gasteiger charge is 2.28. The van der Waals surface area contributed by atoms with Gasteiger partial charge >= 0.3 is 0 Å². The molecule has 3 rings (SSSR count). The normalized spacial score (nSPS) is 23.1. The summed E-state index contributed by atoms with van der Waals surface area (Å²) in [6, 6.07) is 0.571. The third-order valence-electron chi connectivity index (χ3n) is 3.86. The van der Waals surface area contributed by atoms with Gasteiger partial charge in [-0.15, -0.1) is 5.10 Å². The number of rotatable bonds is 4. The largest absolute Gasteiger partial charge is 0.330 e. The molecule has 0 aromatic carbocycles. The zero-order chi connectivity index (χ0) is 11.7. The van der Waals surface area contributed by atoms with Crippen LogP contribution in [0.4, 0.5) is 0 Å². The first-order valence-corrected chi connectivity index (χ1v) is 6.56. The zero-order valence-corrected chi connectivity index (χ0v) is 10.1. The molecule has 1 aliphatic heterocycles. The molecular weight excluding hydrogens is 216 g/mol. The molecule has 2 aliphatic rings. The number of piperidine rings is 1. The van der Waals surface area contributed by atoms with Crippen molar-refractivity contribution in [3.63, 3.8) is 0 Å². The summed E-state index contributed by atoms with van der Waals surface area (Å²) in [5.41, 5.74) is 5.70. The van der Waals surface area contributed by atoms with E-state index in [0.29, 0.717) is 12.0 Å². The molecule has 6 nitrogen and oxygen atoms in total. The van der Waals surface area contributed by atoms with E-state index in [1.54, 1.807) is 0 Å². The van der Waals surface area contributed by atoms with Crippen LogP contribution in [0, 0.1) is 5.92 Å². The highest BCUT2D eigenvalue weighted by molar-refractivity contribution is 4.91. The fourth-order valence-electron chi connectivity index (χ4n) is 2.50. The topological polar surface area (TPSA) is 72.9 Å². The Morgan fingerprint density at radius 1 is 1.18 bits per heavy atom. The first-order chi connectivity index (χ1) is 8.36. The third-order valence-corrected chi connectivity index (χ3v) is 3.86. The minimum Gasteiger partial charge on any atom is -0.330 e. The fraction of sp³-hybridized carbons (Fsp3) is 0.909. The molecule has 0 bridgehead atoms. The molecule has 1 aromatic heterocycles. The maximum absolute atomic E-state index is 5.70. The first-order valence-electron chi connectivity index (χ1n) is 6.56. The van der Waals surface area contributed by atoms with E-state index in [-0.39, 0.29) is 0 Å². The molecule has 1 saturated heterocycles. The first kappa shape index (κ1) is 11.1. The van der Waals surface area contributed by atoms with Gasteiger partial charge in [0.2, 0.25) is 0 Å². The maximum Gasteiger partial charge on any atom is 0.165 e. The fourth-order valence-corrected chi connectivity index (χ4v) is 2.50. The summed E-state index contributed by atoms with van der Waals surface area (Å²) < 4.78 is 2.01. The molecule has 94 valence electrons. The van der Waals surface area contributed by atoms with Gasteiger partial charge in [-0.1, -0.05) is 0 Å². The molecule has 0 amide bonds. The van der Waals surface area contributed by atoms with Gasteiger partial charge in [-0.05, 0) is 61.7 Å². The van der Waals surface area contributed by atoms with E-state index in [4.69, 9.17) is 5.73 Å². The lowest BCUT2D eigenvalue weighted by atomic mass is 9.97. The van der Waals surface area contributed by atoms with Crippen molar-refractivity contribution in [2.45, 2.75) is 38.3 Å². The Hall–Kier alpha value is -1.01. The van der Waals surface area contributed by atoms with E-state index >= 15 is 0 Å². The van der Waals surface area contributed by atoms with Gasteiger partial charge < -0.3 is 5.73 Å². The van der Waals surface area contributed by atoms with Crippen molar-refractivity contribution >= 4 is 0 Å². The van der Waals surface area contributed by atoms with Crippen molar-refractivity contribution in [1.82, 2.24) is 25.1 Å². The van der Waals surface area contributed by atoms with Crippen molar-refractivity contribution in [3.05, 3.63) is 5.82 Å². The lowest BCUT2D eigenvalue weighted by Crippen LogP contribution is -2.36. The van der Waals surface area contributed by atoms with Crippen LogP contribution in [0.15, 0.2) is 0 Å². The molecule has 2 heterocycles. The number of nitrogens with zero attached hydrogens (tertiary/aromatic N) is 5. The van der Waals surface area contributed by atoms with E-state index in [2.05, 4.69) is 20.4 Å². The molecule has 0 unspecified atom stereocenters. The Morgan fingerprint density at radius 3 is 2.59 bits per heavy atom. The molecule has 17 heavy (non-hydrogen) atoms. The smallest absolute Gasteiger partial charge is 0.165 e. The number of aromatic nitrogens is 4. The van der Waals surface area contributed by atoms with Crippen molar-refractivity contribution < 1.29 is 0 Å². The van der Waals surface area contributed by atoms with Crippen LogP contribution in [0.5, 0.6) is 0 Å². The molecule has 0 spiro atoms. The van der Waals surface area contributed by atoms with Crippen LogP contribution >= 0.6 is 0 Å². The Kier molecular flexibility index (Phi) is 3.07. The Bertz CT molecular complexity index is 364. The molecular formula is C11H20N6. The van der Waals surface area contributed by atoms with E-state index in [1.807, 2.05) is 4.68 Å². The quantitative estimate of drug-likeness (QED) is 0.807. The Balaban J connectivity index is 1.58. The van der Waals surface area contributed by atoms with Crippen molar-refractivity contribution in [1.29, 1.82) is 0 Å². The molecule has 6 heteroatoms. The monoisotopic (exact) mass is 236 g/mol. The summed E-state index contributed by atoms with van der Waals surface area (Å²) in [6.07, 6.45) is 4.88. The molecule has 2 fully saturated rings. The predicted octanol–water partition coefficient (Wildman–Crippen LogP) is 0.179. The Labute approximate surface area is 101 Å². The van der Waals surface area contributed by atoms with Crippen LogP contribution in [-0.4, -0.2) is 44.7 Å². The van der Waals surface area contributed by atoms with E-state index < -0.39 is 0 Å². The molecule has 1 saturated carbocycles. The predicted molar refractivity (Wildman–Crippen MR) is 63.1 cm³/mol. The van der Waals surface area contributed by atoms with Crippen molar-refractivity contribution in [2.24, 2.45) is 11.7 Å². The Morgan fingerprint density at radius 2 is 1.94 bits per heavy atom. The number of nitrogens with two attached hydrogens (primary N) is 1. The standard InChI is InChI=1S/C11H20N6/c12-7-9-3-5-16(6-4-9)8-11-13-14-15-17(11)10-1-2-10/h9-10H,1-8,12H2. The summed E-state index contributed by atoms with van der Waals surface area (Å²) in [5.74, 6) is 1.74. The summed E-state index contributed by atoms with van der Waals surface area (Å²) in [4.78, 5) is 2.44. The zero-order valence-electron chi connectivity index (χ0n) is 10.1. The van der Waals surface area contributed by atoms with E-state index in [1.165, 1.54) is 25.7 Å². The van der Waals surface area contributed by atoms with Gasteiger partial charge in [-0.25, -0.2) is 4.68 Å². The third kappa shape index (κ3) is 2.47. The van der Waals surface area contributed by atoms with Crippen molar-refractivity contribution in [2.75, 3.05) is 19.6 Å². The second-order valence-corrected chi connectivity index (χ2v) is 5.23. The van der Waals surface area contributed by atoms with Gasteiger partial charge in [0, 0.05) is 0 Å². The van der Waals surface area contributed by atoms with Crippen LogP contribution in [0.25, 0.3) is 0 Å². The second kappa shape index (κ2) is 4.70. The van der Waals surface area contributed by atoms with Crippen LogP contribution in [0.1, 0.15) is 37.5 Å². The average molecular weight is 236 g/mol. The highest BCUT2D eigenvalue weighted by atomic mass is 15.6. The number of hydrogen-bond acceptors (Lipinski definition) is 5. The van der Waals surface area contributed by atoms with Gasteiger partial charge in [0.15, 0.2) is 5.82 Å². The number of tetrazole rings is 1. The number of likely N-dealkylation sites (tertiary alicyclic amines) is 1. The van der Waals surface area contributed by atoms with Crippen LogP contribution in [0.3, 0.4) is 0 Å². The van der Waals surface area contributed by atoms with Gasteiger partial charge in [-0.3, -0.25) is 4.90 Å². The van der Waals surface area contributed by atoms with Gasteiger partial charge in [0.05, 0.1) is 12.6 Å². The lowest BCUT2D eigenvalue weighted by molar-refractivity contribution is 0.174. The molecule has 2 N–H and O–H groups in total. The SMILES string of the molecule is NCC1CCN(Cc2nnnn2C2CC2)CC1. The lowest BCUT2D eigenvalue weighted by Gasteiger charge is -2.30. The average Bonchev–Trinajstić information content (AvgIpc) is 3.11. The minimum atomic E-state index is 0.571. The minimum absolute atomic E-state index is 0.571. The summed E-state index contributed by atoms with van der Waals surface area (Å²) in [5, 5.41) is 12.0. The molecule has 0 radical (unpaired) electrons. The van der Waals surface area contributed by atoms with E-state index in [9.17, 15) is 0 Å².